The van der Waals surface area contributed by atoms with Crippen molar-refractivity contribution in [3.63, 3.8) is 0 Å². The van der Waals surface area contributed by atoms with Crippen molar-refractivity contribution in [1.82, 2.24) is 25.1 Å². The third-order valence-corrected chi connectivity index (χ3v) is 4.91. The van der Waals surface area contributed by atoms with Gasteiger partial charge in [-0.2, -0.15) is 5.10 Å². The Balaban J connectivity index is 1.62. The number of rotatable bonds is 4. The lowest BCUT2D eigenvalue weighted by molar-refractivity contribution is -0.138. The Morgan fingerprint density at radius 2 is 2.35 bits per heavy atom. The summed E-state index contributed by atoms with van der Waals surface area (Å²) in [5.41, 5.74) is 0.848. The van der Waals surface area contributed by atoms with Gasteiger partial charge in [0.15, 0.2) is 5.82 Å². The number of amides is 1. The summed E-state index contributed by atoms with van der Waals surface area (Å²) in [5, 5.41) is 9.99. The zero-order valence-electron chi connectivity index (χ0n) is 13.6. The second-order valence-electron chi connectivity index (χ2n) is 5.99. The summed E-state index contributed by atoms with van der Waals surface area (Å²) in [6.45, 7) is 7.64. The van der Waals surface area contributed by atoms with Crippen LogP contribution < -0.4 is 0 Å². The molecule has 0 aliphatic carbocycles. The SMILES string of the molecule is Cc1nc([C@H]2CN(C(=O)Cc3csc(C(C)C)n3)CCO2)n[nH]1. The van der Waals surface area contributed by atoms with Crippen LogP contribution in [-0.2, 0) is 16.0 Å². The fourth-order valence-corrected chi connectivity index (χ4v) is 3.31. The molecule has 1 aliphatic rings. The highest BCUT2D eigenvalue weighted by atomic mass is 32.1. The molecule has 0 radical (unpaired) electrons. The standard InChI is InChI=1S/C15H21N5O2S/c1-9(2)15-17-11(8-23-15)6-13(21)20-4-5-22-12(7-20)14-16-10(3)18-19-14/h8-9,12H,4-7H2,1-3H3,(H,16,18,19)/t12-/m1/s1. The van der Waals surface area contributed by atoms with Gasteiger partial charge in [-0.3, -0.25) is 9.89 Å². The second kappa shape index (κ2) is 6.76. The fourth-order valence-electron chi connectivity index (χ4n) is 2.47. The molecule has 0 spiro atoms. The zero-order chi connectivity index (χ0) is 16.4. The normalized spacial score (nSPS) is 18.6. The molecular weight excluding hydrogens is 314 g/mol. The van der Waals surface area contributed by atoms with Gasteiger partial charge < -0.3 is 9.64 Å². The lowest BCUT2D eigenvalue weighted by atomic mass is 10.2. The Morgan fingerprint density at radius 3 is 3.00 bits per heavy atom. The molecule has 1 fully saturated rings. The van der Waals surface area contributed by atoms with Crippen molar-refractivity contribution >= 4 is 17.2 Å². The van der Waals surface area contributed by atoms with Crippen molar-refractivity contribution in [3.8, 4) is 0 Å². The first-order valence-electron chi connectivity index (χ1n) is 7.75. The van der Waals surface area contributed by atoms with Crippen LogP contribution in [0.25, 0.3) is 0 Å². The first kappa shape index (κ1) is 16.1. The Hall–Kier alpha value is -1.80. The minimum Gasteiger partial charge on any atom is -0.366 e. The lowest BCUT2D eigenvalue weighted by Crippen LogP contribution is -2.43. The number of hydrogen-bond donors (Lipinski definition) is 1. The van der Waals surface area contributed by atoms with Gasteiger partial charge >= 0.3 is 0 Å². The minimum atomic E-state index is -0.265. The molecule has 2 aromatic rings. The van der Waals surface area contributed by atoms with Gasteiger partial charge in [-0.05, 0) is 6.92 Å². The number of nitrogens with zero attached hydrogens (tertiary/aromatic N) is 4. The van der Waals surface area contributed by atoms with E-state index in [-0.39, 0.29) is 12.0 Å². The number of carbonyl (C=O) groups is 1. The maximum Gasteiger partial charge on any atom is 0.228 e. The van der Waals surface area contributed by atoms with Crippen LogP contribution in [0.4, 0.5) is 0 Å². The quantitative estimate of drug-likeness (QED) is 0.921. The van der Waals surface area contributed by atoms with Crippen LogP contribution in [0.5, 0.6) is 0 Å². The van der Waals surface area contributed by atoms with Gasteiger partial charge in [0.25, 0.3) is 0 Å². The smallest absolute Gasteiger partial charge is 0.228 e. The summed E-state index contributed by atoms with van der Waals surface area (Å²) in [6, 6.07) is 0. The summed E-state index contributed by atoms with van der Waals surface area (Å²) < 4.78 is 5.69. The predicted octanol–water partition coefficient (Wildman–Crippen LogP) is 1.84. The van der Waals surface area contributed by atoms with Gasteiger partial charge in [-0.1, -0.05) is 13.8 Å². The summed E-state index contributed by atoms with van der Waals surface area (Å²) in [7, 11) is 0. The molecule has 0 saturated carbocycles. The van der Waals surface area contributed by atoms with E-state index in [1.165, 1.54) is 0 Å². The minimum absolute atomic E-state index is 0.0752. The van der Waals surface area contributed by atoms with Crippen LogP contribution in [0.15, 0.2) is 5.38 Å². The lowest BCUT2D eigenvalue weighted by Gasteiger charge is -2.31. The highest BCUT2D eigenvalue weighted by molar-refractivity contribution is 7.09. The Morgan fingerprint density at radius 1 is 1.52 bits per heavy atom. The van der Waals surface area contributed by atoms with Crippen LogP contribution in [0.1, 0.15) is 48.2 Å². The van der Waals surface area contributed by atoms with Gasteiger partial charge in [0.05, 0.1) is 30.3 Å². The molecule has 0 bridgehead atoms. The van der Waals surface area contributed by atoms with Gasteiger partial charge in [0.2, 0.25) is 5.91 Å². The molecule has 1 atom stereocenters. The third-order valence-electron chi connectivity index (χ3n) is 3.72. The molecule has 0 unspecified atom stereocenters. The second-order valence-corrected chi connectivity index (χ2v) is 6.88. The molecule has 1 aliphatic heterocycles. The Labute approximate surface area is 139 Å². The maximum atomic E-state index is 12.5. The summed E-state index contributed by atoms with van der Waals surface area (Å²) >= 11 is 1.62. The first-order valence-corrected chi connectivity index (χ1v) is 8.63. The van der Waals surface area contributed by atoms with Crippen LogP contribution in [-0.4, -0.2) is 50.7 Å². The van der Waals surface area contributed by atoms with E-state index in [9.17, 15) is 4.79 Å². The average molecular weight is 335 g/mol. The van der Waals surface area contributed by atoms with Crippen LogP contribution in [0, 0.1) is 6.92 Å². The number of ether oxygens (including phenoxy) is 1. The van der Waals surface area contributed by atoms with Crippen molar-refractivity contribution in [1.29, 1.82) is 0 Å². The number of aromatic amines is 1. The molecule has 0 aromatic carbocycles. The first-order chi connectivity index (χ1) is 11.0. The molecule has 1 amide bonds. The monoisotopic (exact) mass is 335 g/mol. The Bertz CT molecular complexity index is 681. The molecule has 7 nitrogen and oxygen atoms in total. The Kier molecular flexibility index (Phi) is 4.72. The molecule has 2 aromatic heterocycles. The third kappa shape index (κ3) is 3.76. The number of carbonyl (C=O) groups excluding carboxylic acids is 1. The summed E-state index contributed by atoms with van der Waals surface area (Å²) in [6.07, 6.45) is 0.0717. The molecule has 1 saturated heterocycles. The number of nitrogens with one attached hydrogen (secondary N) is 1. The number of aromatic nitrogens is 4. The van der Waals surface area contributed by atoms with Crippen LogP contribution in [0.3, 0.4) is 0 Å². The molecule has 124 valence electrons. The van der Waals surface area contributed by atoms with E-state index in [0.717, 1.165) is 16.5 Å². The topological polar surface area (TPSA) is 84.0 Å². The van der Waals surface area contributed by atoms with E-state index in [0.29, 0.717) is 37.9 Å². The van der Waals surface area contributed by atoms with Gasteiger partial charge in [-0.25, -0.2) is 9.97 Å². The fraction of sp³-hybridized carbons (Fsp3) is 0.600. The van der Waals surface area contributed by atoms with E-state index in [4.69, 9.17) is 4.74 Å². The summed E-state index contributed by atoms with van der Waals surface area (Å²) in [4.78, 5) is 23.2. The van der Waals surface area contributed by atoms with Gasteiger partial charge in [0.1, 0.15) is 11.9 Å². The number of thiazole rings is 1. The number of morpholine rings is 1. The van der Waals surface area contributed by atoms with Crippen LogP contribution >= 0.6 is 11.3 Å². The molecular formula is C15H21N5O2S. The van der Waals surface area contributed by atoms with Crippen molar-refractivity contribution in [2.75, 3.05) is 19.7 Å². The van der Waals surface area contributed by atoms with Gasteiger partial charge in [0, 0.05) is 17.8 Å². The zero-order valence-corrected chi connectivity index (χ0v) is 14.4. The van der Waals surface area contributed by atoms with E-state index in [2.05, 4.69) is 34.0 Å². The average Bonchev–Trinajstić information content (AvgIpc) is 3.16. The van der Waals surface area contributed by atoms with Crippen molar-refractivity contribution in [2.24, 2.45) is 0 Å². The van der Waals surface area contributed by atoms with Crippen molar-refractivity contribution < 1.29 is 9.53 Å². The van der Waals surface area contributed by atoms with Crippen molar-refractivity contribution in [2.45, 2.75) is 39.2 Å². The predicted molar refractivity (Wildman–Crippen MR) is 86.3 cm³/mol. The molecule has 1 N–H and O–H groups in total. The van der Waals surface area contributed by atoms with E-state index >= 15 is 0 Å². The number of H-pyrrole nitrogens is 1. The highest BCUT2D eigenvalue weighted by Crippen LogP contribution is 2.22. The maximum absolute atomic E-state index is 12.5. The largest absolute Gasteiger partial charge is 0.366 e. The molecule has 3 heterocycles. The van der Waals surface area contributed by atoms with E-state index in [1.54, 1.807) is 11.3 Å². The number of hydrogen-bond acceptors (Lipinski definition) is 6. The van der Waals surface area contributed by atoms with E-state index < -0.39 is 0 Å². The molecule has 23 heavy (non-hydrogen) atoms. The van der Waals surface area contributed by atoms with Gasteiger partial charge in [-0.15, -0.1) is 11.3 Å². The molecule has 8 heteroatoms. The van der Waals surface area contributed by atoms with Crippen molar-refractivity contribution in [3.05, 3.63) is 27.7 Å². The molecule has 3 rings (SSSR count). The van der Waals surface area contributed by atoms with Crippen LogP contribution in [0.2, 0.25) is 0 Å². The summed E-state index contributed by atoms with van der Waals surface area (Å²) in [5.74, 6) is 1.82. The number of aryl methyl sites for hydroxylation is 1. The highest BCUT2D eigenvalue weighted by Gasteiger charge is 2.28. The van der Waals surface area contributed by atoms with E-state index in [1.807, 2.05) is 17.2 Å².